The van der Waals surface area contributed by atoms with Gasteiger partial charge in [-0.05, 0) is 56.2 Å². The fourth-order valence-corrected chi connectivity index (χ4v) is 6.16. The lowest BCUT2D eigenvalue weighted by atomic mass is 9.75. The molecule has 0 bridgehead atoms. The number of benzene rings is 2. The van der Waals surface area contributed by atoms with Crippen molar-refractivity contribution in [3.05, 3.63) is 77.9 Å². The van der Waals surface area contributed by atoms with Crippen molar-refractivity contribution in [2.45, 2.75) is 57.5 Å². The summed E-state index contributed by atoms with van der Waals surface area (Å²) < 4.78 is 11.4. The zero-order valence-corrected chi connectivity index (χ0v) is 23.8. The highest BCUT2D eigenvalue weighted by molar-refractivity contribution is 5.90. The van der Waals surface area contributed by atoms with Crippen molar-refractivity contribution in [2.24, 2.45) is 11.3 Å². The number of rotatable bonds is 5. The predicted octanol–water partition coefficient (Wildman–Crippen LogP) is 3.58. The summed E-state index contributed by atoms with van der Waals surface area (Å²) in [5.41, 5.74) is 1.39. The minimum atomic E-state index is -0.684. The molecule has 0 aliphatic carbocycles. The van der Waals surface area contributed by atoms with Crippen LogP contribution >= 0.6 is 0 Å². The van der Waals surface area contributed by atoms with Crippen LogP contribution in [0.5, 0.6) is 5.75 Å². The summed E-state index contributed by atoms with van der Waals surface area (Å²) in [6.45, 7) is 4.09. The molecule has 0 saturated carbocycles. The number of aryl methyl sites for hydroxylation is 1. The first-order valence-corrected chi connectivity index (χ1v) is 14.8. The van der Waals surface area contributed by atoms with Gasteiger partial charge in [0.05, 0.1) is 5.41 Å². The number of nitrogens with zero attached hydrogens (tertiary/aromatic N) is 1. The Morgan fingerprint density at radius 1 is 1.02 bits per heavy atom. The summed E-state index contributed by atoms with van der Waals surface area (Å²) in [5, 5.41) is 6.39. The molecule has 2 N–H and O–H groups in total. The number of hydrogen-bond donors (Lipinski definition) is 2. The molecule has 5 rings (SSSR count). The maximum Gasteiger partial charge on any atom is 0.260 e. The summed E-state index contributed by atoms with van der Waals surface area (Å²) in [6.07, 6.45) is 7.86. The van der Waals surface area contributed by atoms with E-state index in [9.17, 15) is 14.4 Å². The summed E-state index contributed by atoms with van der Waals surface area (Å²) in [5.74, 6) is 0.470. The van der Waals surface area contributed by atoms with Gasteiger partial charge in [0.25, 0.3) is 5.91 Å². The Labute approximate surface area is 242 Å². The smallest absolute Gasteiger partial charge is 0.260 e. The van der Waals surface area contributed by atoms with Crippen LogP contribution in [0.4, 0.5) is 0 Å². The van der Waals surface area contributed by atoms with E-state index in [1.807, 2.05) is 66.4 Å². The third kappa shape index (κ3) is 7.17. The van der Waals surface area contributed by atoms with Crippen molar-refractivity contribution in [2.75, 3.05) is 32.9 Å². The normalized spacial score (nSPS) is 25.6. The van der Waals surface area contributed by atoms with Crippen LogP contribution in [-0.2, 0) is 25.5 Å². The molecular weight excluding hydrogens is 518 g/mol. The number of carbonyl (C=O) groups is 3. The van der Waals surface area contributed by atoms with Gasteiger partial charge in [-0.1, -0.05) is 60.7 Å². The van der Waals surface area contributed by atoms with Gasteiger partial charge < -0.3 is 25.0 Å². The number of para-hydroxylation sites is 1. The first kappa shape index (κ1) is 28.9. The maximum absolute atomic E-state index is 13.7. The maximum atomic E-state index is 13.7. The Bertz CT molecular complexity index is 1240. The summed E-state index contributed by atoms with van der Waals surface area (Å²) in [6, 6.07) is 16.7. The highest BCUT2D eigenvalue weighted by Gasteiger charge is 2.41. The van der Waals surface area contributed by atoms with Gasteiger partial charge in [0, 0.05) is 44.7 Å². The quantitative estimate of drug-likeness (QED) is 0.546. The van der Waals surface area contributed by atoms with Crippen LogP contribution < -0.4 is 15.4 Å². The van der Waals surface area contributed by atoms with E-state index in [0.29, 0.717) is 70.6 Å². The lowest BCUT2D eigenvalue weighted by Crippen LogP contribution is -2.58. The van der Waals surface area contributed by atoms with Gasteiger partial charge in [0.1, 0.15) is 11.8 Å². The van der Waals surface area contributed by atoms with Crippen molar-refractivity contribution >= 4 is 17.7 Å². The third-order valence-corrected chi connectivity index (χ3v) is 8.81. The molecule has 2 saturated heterocycles. The number of amides is 3. The molecule has 3 aliphatic heterocycles. The van der Waals surface area contributed by atoms with Gasteiger partial charge in [-0.2, -0.15) is 0 Å². The van der Waals surface area contributed by atoms with Crippen LogP contribution in [0.25, 0.3) is 0 Å². The number of fused-ring (bicyclic) bond motifs is 1. The van der Waals surface area contributed by atoms with E-state index in [4.69, 9.17) is 9.47 Å². The molecular formula is C33H41N3O5. The van der Waals surface area contributed by atoms with Crippen LogP contribution in [0, 0.1) is 18.3 Å². The van der Waals surface area contributed by atoms with E-state index < -0.39 is 11.5 Å². The second kappa shape index (κ2) is 13.3. The number of likely N-dealkylation sites (tertiary alicyclic amines) is 1. The van der Waals surface area contributed by atoms with Crippen molar-refractivity contribution < 1.29 is 23.9 Å². The molecule has 3 amide bonds. The van der Waals surface area contributed by atoms with Crippen LogP contribution in [0.3, 0.4) is 0 Å². The molecule has 0 aromatic heterocycles. The molecule has 0 radical (unpaired) electrons. The highest BCUT2D eigenvalue weighted by Crippen LogP contribution is 2.36. The molecule has 41 heavy (non-hydrogen) atoms. The number of carbonyl (C=O) groups excluding carboxylic acids is 3. The first-order valence-electron chi connectivity index (χ1n) is 14.8. The Morgan fingerprint density at radius 2 is 1.78 bits per heavy atom. The number of ether oxygens (including phenoxy) is 2. The number of allylic oxidation sites excluding steroid dienone is 2. The lowest BCUT2D eigenvalue weighted by Gasteiger charge is -2.40. The molecule has 3 aliphatic rings. The predicted molar refractivity (Wildman–Crippen MR) is 156 cm³/mol. The zero-order chi connectivity index (χ0) is 28.7. The average Bonchev–Trinajstić information content (AvgIpc) is 2.99. The van der Waals surface area contributed by atoms with Crippen LogP contribution in [-0.4, -0.2) is 67.6 Å². The Balaban J connectivity index is 1.32. The van der Waals surface area contributed by atoms with E-state index in [-0.39, 0.29) is 36.3 Å². The van der Waals surface area contributed by atoms with E-state index in [2.05, 4.69) is 22.8 Å². The van der Waals surface area contributed by atoms with Gasteiger partial charge in [-0.15, -0.1) is 0 Å². The fraction of sp³-hybridized carbons (Fsp3) is 0.485. The molecule has 3 heterocycles. The third-order valence-electron chi connectivity index (χ3n) is 8.81. The SMILES string of the molecule is Cc1ccccc1OCC(=O)N1CC[C@@H]2NC(=O)[C@@H](Cc3ccccc3)NC(=O)C3(C/C=C/C[C@@H]2C1)CCOCC3. The molecule has 8 heteroatoms. The van der Waals surface area contributed by atoms with Crippen LogP contribution in [0.2, 0.25) is 0 Å². The van der Waals surface area contributed by atoms with E-state index in [1.165, 1.54) is 0 Å². The van der Waals surface area contributed by atoms with Gasteiger partial charge in [-0.25, -0.2) is 0 Å². The minimum Gasteiger partial charge on any atom is -0.484 e. The molecule has 8 nitrogen and oxygen atoms in total. The van der Waals surface area contributed by atoms with Crippen molar-refractivity contribution in [1.29, 1.82) is 0 Å². The minimum absolute atomic E-state index is 0.0137. The Kier molecular flexibility index (Phi) is 9.39. The summed E-state index contributed by atoms with van der Waals surface area (Å²) in [4.78, 5) is 42.4. The van der Waals surface area contributed by atoms with Crippen molar-refractivity contribution in [3.63, 3.8) is 0 Å². The summed E-state index contributed by atoms with van der Waals surface area (Å²) >= 11 is 0. The molecule has 2 aromatic rings. The molecule has 218 valence electrons. The van der Waals surface area contributed by atoms with Crippen molar-refractivity contribution in [1.82, 2.24) is 15.5 Å². The van der Waals surface area contributed by atoms with E-state index in [1.54, 1.807) is 0 Å². The second-order valence-corrected chi connectivity index (χ2v) is 11.6. The molecule has 3 atom stereocenters. The van der Waals surface area contributed by atoms with E-state index in [0.717, 1.165) is 11.1 Å². The number of hydrogen-bond acceptors (Lipinski definition) is 5. The second-order valence-electron chi connectivity index (χ2n) is 11.6. The van der Waals surface area contributed by atoms with Crippen LogP contribution in [0.15, 0.2) is 66.7 Å². The lowest BCUT2D eigenvalue weighted by molar-refractivity contribution is -0.140. The topological polar surface area (TPSA) is 97.0 Å². The average molecular weight is 560 g/mol. The van der Waals surface area contributed by atoms with E-state index >= 15 is 0 Å². The number of nitrogens with one attached hydrogen (secondary N) is 2. The molecule has 1 spiro atoms. The molecule has 0 unspecified atom stereocenters. The monoisotopic (exact) mass is 559 g/mol. The van der Waals surface area contributed by atoms with Gasteiger partial charge >= 0.3 is 0 Å². The number of piperidine rings is 1. The standard InChI is InChI=1S/C33H41N3O5/c1-24-9-5-6-13-29(24)41-23-30(37)36-18-14-27-26(22-36)12-7-8-15-33(16-19-40-20-17-33)32(39)35-28(31(38)34-27)21-25-10-3-2-4-11-25/h2-11,13,26-28H,12,14-23H2,1H3,(H,34,38)(H,35,39)/b8-7+/t26-,27+,28-/m1/s1. The van der Waals surface area contributed by atoms with Gasteiger partial charge in [0.2, 0.25) is 11.8 Å². The molecule has 2 fully saturated rings. The fourth-order valence-electron chi connectivity index (χ4n) is 6.16. The summed E-state index contributed by atoms with van der Waals surface area (Å²) in [7, 11) is 0. The molecule has 2 aromatic carbocycles. The van der Waals surface area contributed by atoms with Crippen molar-refractivity contribution in [3.8, 4) is 5.75 Å². The largest absolute Gasteiger partial charge is 0.484 e. The Morgan fingerprint density at radius 3 is 2.56 bits per heavy atom. The van der Waals surface area contributed by atoms with Gasteiger partial charge in [-0.3, -0.25) is 14.4 Å². The van der Waals surface area contributed by atoms with Crippen LogP contribution in [0.1, 0.15) is 43.2 Å². The first-order chi connectivity index (χ1) is 19.9. The highest BCUT2D eigenvalue weighted by atomic mass is 16.5. The van der Waals surface area contributed by atoms with Gasteiger partial charge in [0.15, 0.2) is 6.61 Å². The zero-order valence-electron chi connectivity index (χ0n) is 23.8. The Hall–Kier alpha value is -3.65.